The molecule has 0 unspecified atom stereocenters. The molecule has 1 aromatic heterocycles. The number of para-hydroxylation sites is 1. The van der Waals surface area contributed by atoms with Crippen LogP contribution in [0.25, 0.3) is 17.4 Å². The van der Waals surface area contributed by atoms with Crippen molar-refractivity contribution in [2.24, 2.45) is 0 Å². The molecule has 1 aromatic carbocycles. The molecular formula is C15H11N3O4S. The lowest BCUT2D eigenvalue weighted by Gasteiger charge is -2.02. The number of nitro groups is 1. The van der Waals surface area contributed by atoms with E-state index in [0.717, 1.165) is 0 Å². The maximum absolute atomic E-state index is 11.9. The van der Waals surface area contributed by atoms with Gasteiger partial charge in [0, 0.05) is 19.2 Å². The quantitative estimate of drug-likeness (QED) is 0.403. The smallest absolute Gasteiger partial charge is 0.280 e. The average molecular weight is 329 g/mol. The third-order valence-electron chi connectivity index (χ3n) is 3.36. The summed E-state index contributed by atoms with van der Waals surface area (Å²) >= 11 is 4.99. The van der Waals surface area contributed by atoms with Crippen molar-refractivity contribution in [2.45, 2.75) is 0 Å². The Kier molecular flexibility index (Phi) is 3.67. The van der Waals surface area contributed by atoms with Crippen LogP contribution < -0.4 is 5.32 Å². The highest BCUT2D eigenvalue weighted by Gasteiger charge is 2.27. The third kappa shape index (κ3) is 2.71. The first-order valence-corrected chi connectivity index (χ1v) is 7.02. The Morgan fingerprint density at radius 2 is 2.04 bits per heavy atom. The Labute approximate surface area is 136 Å². The summed E-state index contributed by atoms with van der Waals surface area (Å²) in [6.45, 7) is 0. The zero-order chi connectivity index (χ0) is 16.6. The summed E-state index contributed by atoms with van der Waals surface area (Å²) in [7, 11) is 1.57. The first-order valence-electron chi connectivity index (χ1n) is 6.62. The SMILES string of the molecule is CN1C(=O)C(=Cc2ccc(-c3ccccc3[N+](=O)[O-])o2)NC1=S. The Morgan fingerprint density at radius 3 is 2.70 bits per heavy atom. The van der Waals surface area contributed by atoms with Crippen LogP contribution in [0, 0.1) is 10.1 Å². The minimum atomic E-state index is -0.467. The fourth-order valence-electron chi connectivity index (χ4n) is 2.18. The third-order valence-corrected chi connectivity index (χ3v) is 3.74. The first kappa shape index (κ1) is 14.9. The molecule has 1 N–H and O–H groups in total. The van der Waals surface area contributed by atoms with Crippen LogP contribution in [0.4, 0.5) is 5.69 Å². The van der Waals surface area contributed by atoms with Crippen molar-refractivity contribution in [2.75, 3.05) is 7.05 Å². The minimum absolute atomic E-state index is 0.0444. The maximum atomic E-state index is 11.9. The number of nitro benzene ring substituents is 1. The van der Waals surface area contributed by atoms with Gasteiger partial charge in [-0.05, 0) is 30.4 Å². The van der Waals surface area contributed by atoms with Crippen molar-refractivity contribution in [1.82, 2.24) is 10.2 Å². The summed E-state index contributed by atoms with van der Waals surface area (Å²) in [5.74, 6) is 0.483. The van der Waals surface area contributed by atoms with Gasteiger partial charge in [-0.15, -0.1) is 0 Å². The molecule has 1 aliphatic heterocycles. The van der Waals surface area contributed by atoms with Crippen LogP contribution in [-0.2, 0) is 4.79 Å². The number of rotatable bonds is 3. The lowest BCUT2D eigenvalue weighted by Crippen LogP contribution is -2.25. The predicted molar refractivity (Wildman–Crippen MR) is 87.3 cm³/mol. The van der Waals surface area contributed by atoms with Crippen molar-refractivity contribution in [3.8, 4) is 11.3 Å². The number of benzene rings is 1. The Morgan fingerprint density at radius 1 is 1.30 bits per heavy atom. The van der Waals surface area contributed by atoms with Crippen molar-refractivity contribution in [1.29, 1.82) is 0 Å². The molecule has 1 aliphatic rings. The second-order valence-electron chi connectivity index (χ2n) is 4.83. The van der Waals surface area contributed by atoms with E-state index in [0.29, 0.717) is 27.9 Å². The van der Waals surface area contributed by atoms with Gasteiger partial charge in [0.1, 0.15) is 17.2 Å². The first-order chi connectivity index (χ1) is 11.0. The van der Waals surface area contributed by atoms with E-state index in [9.17, 15) is 14.9 Å². The largest absolute Gasteiger partial charge is 0.456 e. The predicted octanol–water partition coefficient (Wildman–Crippen LogP) is 2.54. The minimum Gasteiger partial charge on any atom is -0.456 e. The zero-order valence-corrected chi connectivity index (χ0v) is 12.8. The molecule has 0 bridgehead atoms. The molecule has 3 rings (SSSR count). The second-order valence-corrected chi connectivity index (χ2v) is 5.22. The van der Waals surface area contributed by atoms with E-state index in [1.165, 1.54) is 17.0 Å². The van der Waals surface area contributed by atoms with Gasteiger partial charge in [0.05, 0.1) is 10.5 Å². The molecule has 1 saturated heterocycles. The number of likely N-dealkylation sites (N-methyl/N-ethyl adjacent to an activating group) is 1. The Balaban J connectivity index is 1.95. The highest BCUT2D eigenvalue weighted by atomic mass is 32.1. The van der Waals surface area contributed by atoms with Crippen LogP contribution in [0.15, 0.2) is 46.5 Å². The fraction of sp³-hybridized carbons (Fsp3) is 0.0667. The molecule has 8 heteroatoms. The number of nitrogens with zero attached hydrogens (tertiary/aromatic N) is 2. The van der Waals surface area contributed by atoms with E-state index in [4.69, 9.17) is 16.6 Å². The molecule has 23 heavy (non-hydrogen) atoms. The summed E-state index contributed by atoms with van der Waals surface area (Å²) < 4.78 is 5.61. The van der Waals surface area contributed by atoms with E-state index in [1.807, 2.05) is 0 Å². The van der Waals surface area contributed by atoms with E-state index < -0.39 is 4.92 Å². The van der Waals surface area contributed by atoms with Gasteiger partial charge in [0.2, 0.25) is 0 Å². The topological polar surface area (TPSA) is 88.6 Å². The van der Waals surface area contributed by atoms with Gasteiger partial charge in [0.25, 0.3) is 11.6 Å². The standard InChI is InChI=1S/C15H11N3O4S/c1-17-14(19)11(16-15(17)23)8-9-6-7-13(22-9)10-4-2-3-5-12(10)18(20)21/h2-8H,1H3,(H,16,23). The number of amides is 1. The van der Waals surface area contributed by atoms with E-state index in [2.05, 4.69) is 5.32 Å². The van der Waals surface area contributed by atoms with Gasteiger partial charge >= 0.3 is 0 Å². The molecule has 1 amide bonds. The summed E-state index contributed by atoms with van der Waals surface area (Å²) in [5.41, 5.74) is 0.624. The van der Waals surface area contributed by atoms with Gasteiger partial charge in [-0.2, -0.15) is 0 Å². The van der Waals surface area contributed by atoms with Crippen LogP contribution in [0.2, 0.25) is 0 Å². The average Bonchev–Trinajstić information content (AvgIpc) is 3.09. The van der Waals surface area contributed by atoms with Crippen molar-refractivity contribution in [3.05, 3.63) is 58.0 Å². The fourth-order valence-corrected chi connectivity index (χ4v) is 2.37. The molecule has 0 saturated carbocycles. The van der Waals surface area contributed by atoms with Gasteiger partial charge in [-0.25, -0.2) is 0 Å². The maximum Gasteiger partial charge on any atom is 0.280 e. The highest BCUT2D eigenvalue weighted by molar-refractivity contribution is 7.80. The number of thiocarbonyl (C=S) groups is 1. The number of hydrogen-bond donors (Lipinski definition) is 1. The molecule has 2 aromatic rings. The van der Waals surface area contributed by atoms with Crippen LogP contribution >= 0.6 is 12.2 Å². The number of furan rings is 1. The monoisotopic (exact) mass is 329 g/mol. The molecule has 0 spiro atoms. The van der Waals surface area contributed by atoms with Crippen LogP contribution in [0.3, 0.4) is 0 Å². The summed E-state index contributed by atoms with van der Waals surface area (Å²) in [6, 6.07) is 9.55. The number of hydrogen-bond acceptors (Lipinski definition) is 5. The van der Waals surface area contributed by atoms with Crippen LogP contribution in [0.5, 0.6) is 0 Å². The molecule has 7 nitrogen and oxygen atoms in total. The highest BCUT2D eigenvalue weighted by Crippen LogP contribution is 2.31. The van der Waals surface area contributed by atoms with E-state index in [-0.39, 0.29) is 11.6 Å². The molecular weight excluding hydrogens is 318 g/mol. The summed E-state index contributed by atoms with van der Waals surface area (Å²) in [5, 5.41) is 14.2. The van der Waals surface area contributed by atoms with Gasteiger partial charge in [-0.1, -0.05) is 12.1 Å². The molecule has 116 valence electrons. The van der Waals surface area contributed by atoms with Crippen molar-refractivity contribution in [3.63, 3.8) is 0 Å². The van der Waals surface area contributed by atoms with Gasteiger partial charge in [0.15, 0.2) is 5.11 Å². The lowest BCUT2D eigenvalue weighted by molar-refractivity contribution is -0.384. The number of carbonyl (C=O) groups excluding carboxylic acids is 1. The molecule has 0 atom stereocenters. The Hall–Kier alpha value is -3.00. The number of carbonyl (C=O) groups is 1. The normalized spacial score (nSPS) is 16.0. The lowest BCUT2D eigenvalue weighted by atomic mass is 10.1. The second kappa shape index (κ2) is 5.65. The van der Waals surface area contributed by atoms with Crippen LogP contribution in [-0.4, -0.2) is 27.9 Å². The summed E-state index contributed by atoms with van der Waals surface area (Å²) in [4.78, 5) is 23.8. The summed E-state index contributed by atoms with van der Waals surface area (Å²) in [6.07, 6.45) is 1.51. The zero-order valence-electron chi connectivity index (χ0n) is 12.0. The molecule has 0 radical (unpaired) electrons. The number of nitrogens with one attached hydrogen (secondary N) is 1. The van der Waals surface area contributed by atoms with Gasteiger partial charge in [-0.3, -0.25) is 19.8 Å². The van der Waals surface area contributed by atoms with Crippen molar-refractivity contribution >= 4 is 35.0 Å². The van der Waals surface area contributed by atoms with Gasteiger partial charge < -0.3 is 9.73 Å². The van der Waals surface area contributed by atoms with E-state index in [1.54, 1.807) is 37.4 Å². The Bertz CT molecular complexity index is 856. The molecule has 1 fully saturated rings. The molecule has 2 heterocycles. The van der Waals surface area contributed by atoms with Crippen LogP contribution in [0.1, 0.15) is 5.76 Å². The van der Waals surface area contributed by atoms with Crippen molar-refractivity contribution < 1.29 is 14.1 Å². The molecule has 0 aliphatic carbocycles. The van der Waals surface area contributed by atoms with E-state index >= 15 is 0 Å².